The topological polar surface area (TPSA) is 92.0 Å². The van der Waals surface area contributed by atoms with Gasteiger partial charge in [0.2, 0.25) is 10.0 Å². The zero-order valence-electron chi connectivity index (χ0n) is 17.2. The Bertz CT molecular complexity index is 1500. The molecule has 3 aromatic carbocycles. The van der Waals surface area contributed by atoms with Crippen LogP contribution >= 0.6 is 0 Å². The first kappa shape index (κ1) is 21.1. The van der Waals surface area contributed by atoms with Gasteiger partial charge in [-0.1, -0.05) is 54.6 Å². The lowest BCUT2D eigenvalue weighted by molar-refractivity contribution is 0.607. The van der Waals surface area contributed by atoms with Crippen LogP contribution in [0.4, 0.5) is 5.69 Å². The second kappa shape index (κ2) is 8.53. The molecule has 6 nitrogen and oxygen atoms in total. The van der Waals surface area contributed by atoms with Gasteiger partial charge in [0.1, 0.15) is 0 Å². The fourth-order valence-electron chi connectivity index (χ4n) is 3.54. The lowest BCUT2D eigenvalue weighted by Gasteiger charge is -2.16. The number of sulfonamides is 1. The van der Waals surface area contributed by atoms with Crippen molar-refractivity contribution in [2.75, 3.05) is 11.0 Å². The Balaban J connectivity index is 2.04. The Morgan fingerprint density at radius 1 is 0.844 bits per heavy atom. The number of aromatic nitrogens is 1. The van der Waals surface area contributed by atoms with Crippen molar-refractivity contribution in [1.29, 1.82) is 5.26 Å². The molecule has 0 spiro atoms. The summed E-state index contributed by atoms with van der Waals surface area (Å²) in [4.78, 5) is 13.5. The summed E-state index contributed by atoms with van der Waals surface area (Å²) >= 11 is 0. The van der Waals surface area contributed by atoms with E-state index in [0.29, 0.717) is 39.2 Å². The highest BCUT2D eigenvalue weighted by atomic mass is 32.2. The lowest BCUT2D eigenvalue weighted by Crippen LogP contribution is -2.20. The van der Waals surface area contributed by atoms with Crippen LogP contribution in [-0.2, 0) is 10.0 Å². The number of pyridine rings is 1. The van der Waals surface area contributed by atoms with E-state index in [-0.39, 0.29) is 5.56 Å². The summed E-state index contributed by atoms with van der Waals surface area (Å²) in [5, 5.41) is 9.58. The summed E-state index contributed by atoms with van der Waals surface area (Å²) in [6, 6.07) is 26.9. The molecule has 158 valence electrons. The summed E-state index contributed by atoms with van der Waals surface area (Å²) in [5.74, 6) is 0. The molecule has 0 fully saturated rings. The predicted octanol–water partition coefficient (Wildman–Crippen LogP) is 4.41. The van der Waals surface area contributed by atoms with Gasteiger partial charge in [0.25, 0.3) is 5.56 Å². The van der Waals surface area contributed by atoms with Gasteiger partial charge < -0.3 is 0 Å². The van der Waals surface area contributed by atoms with Crippen molar-refractivity contribution in [2.45, 2.75) is 0 Å². The third-order valence-electron chi connectivity index (χ3n) is 4.92. The van der Waals surface area contributed by atoms with Crippen LogP contribution in [0.25, 0.3) is 27.9 Å². The van der Waals surface area contributed by atoms with E-state index in [4.69, 9.17) is 0 Å². The minimum absolute atomic E-state index is 0.281. The van der Waals surface area contributed by atoms with Gasteiger partial charge >= 0.3 is 0 Å². The van der Waals surface area contributed by atoms with Gasteiger partial charge in [-0.15, -0.1) is 0 Å². The quantitative estimate of drug-likeness (QED) is 0.496. The van der Waals surface area contributed by atoms with Crippen molar-refractivity contribution in [3.05, 3.63) is 107 Å². The summed E-state index contributed by atoms with van der Waals surface area (Å²) < 4.78 is 27.8. The molecule has 0 atom stereocenters. The molecule has 4 rings (SSSR count). The van der Waals surface area contributed by atoms with E-state index in [9.17, 15) is 18.5 Å². The van der Waals surface area contributed by atoms with E-state index in [1.165, 1.54) is 4.57 Å². The van der Waals surface area contributed by atoms with E-state index < -0.39 is 10.0 Å². The van der Waals surface area contributed by atoms with Crippen molar-refractivity contribution < 1.29 is 8.42 Å². The number of nitrogens with zero attached hydrogens (tertiary/aromatic N) is 2. The molecule has 0 aliphatic carbocycles. The van der Waals surface area contributed by atoms with Crippen molar-refractivity contribution >= 4 is 15.7 Å². The zero-order valence-corrected chi connectivity index (χ0v) is 18.0. The van der Waals surface area contributed by atoms with E-state index in [1.54, 1.807) is 60.8 Å². The minimum atomic E-state index is -3.51. The molecule has 7 heteroatoms. The van der Waals surface area contributed by atoms with Crippen LogP contribution < -0.4 is 10.3 Å². The molecule has 0 amide bonds. The van der Waals surface area contributed by atoms with E-state index in [0.717, 1.165) is 6.26 Å². The number of para-hydroxylation sites is 2. The van der Waals surface area contributed by atoms with Gasteiger partial charge in [-0.25, -0.2) is 8.42 Å². The third kappa shape index (κ3) is 4.31. The minimum Gasteiger partial charge on any atom is -0.283 e. The zero-order chi connectivity index (χ0) is 22.7. The van der Waals surface area contributed by atoms with E-state index in [1.807, 2.05) is 30.3 Å². The SMILES string of the molecule is CS(=O)(=O)Nc1ccccc1-c1cc(-c2ccccc2C#N)c(=O)n(-c2ccccc2)c1. The largest absolute Gasteiger partial charge is 0.283 e. The molecule has 1 heterocycles. The highest BCUT2D eigenvalue weighted by Gasteiger charge is 2.16. The number of benzene rings is 3. The Labute approximate surface area is 186 Å². The number of hydrogen-bond donors (Lipinski definition) is 1. The third-order valence-corrected chi connectivity index (χ3v) is 5.51. The molecule has 0 saturated heterocycles. The number of rotatable bonds is 5. The molecular weight excluding hydrogens is 422 g/mol. The molecule has 0 unspecified atom stereocenters. The molecule has 0 aliphatic heterocycles. The second-order valence-corrected chi connectivity index (χ2v) is 8.98. The van der Waals surface area contributed by atoms with Crippen LogP contribution in [0.2, 0.25) is 0 Å². The lowest BCUT2D eigenvalue weighted by atomic mass is 9.97. The van der Waals surface area contributed by atoms with Crippen molar-refractivity contribution in [3.63, 3.8) is 0 Å². The van der Waals surface area contributed by atoms with Crippen LogP contribution in [0, 0.1) is 11.3 Å². The highest BCUT2D eigenvalue weighted by Crippen LogP contribution is 2.31. The second-order valence-electron chi connectivity index (χ2n) is 7.23. The number of nitriles is 1. The Hall–Kier alpha value is -4.15. The fourth-order valence-corrected chi connectivity index (χ4v) is 4.12. The normalized spacial score (nSPS) is 11.0. The van der Waals surface area contributed by atoms with Crippen LogP contribution in [0.3, 0.4) is 0 Å². The summed E-state index contributed by atoms with van der Waals surface area (Å²) in [7, 11) is -3.51. The first-order chi connectivity index (χ1) is 15.4. The standard InChI is InChI=1S/C25H19N3O3S/c1-32(30,31)27-24-14-8-7-13-22(24)19-15-23(21-12-6-5-9-18(21)16-26)25(29)28(17-19)20-10-3-2-4-11-20/h2-15,17,27H,1H3. The molecule has 1 N–H and O–H groups in total. The number of anilines is 1. The van der Waals surface area contributed by atoms with Crippen LogP contribution in [0.1, 0.15) is 5.56 Å². The number of nitrogens with one attached hydrogen (secondary N) is 1. The van der Waals surface area contributed by atoms with Crippen molar-refractivity contribution in [1.82, 2.24) is 4.57 Å². The highest BCUT2D eigenvalue weighted by molar-refractivity contribution is 7.92. The van der Waals surface area contributed by atoms with Gasteiger partial charge in [-0.2, -0.15) is 5.26 Å². The van der Waals surface area contributed by atoms with Gasteiger partial charge in [-0.05, 0) is 30.3 Å². The van der Waals surface area contributed by atoms with Crippen LogP contribution in [-0.4, -0.2) is 19.2 Å². The molecule has 32 heavy (non-hydrogen) atoms. The molecule has 0 radical (unpaired) electrons. The van der Waals surface area contributed by atoms with E-state index >= 15 is 0 Å². The molecule has 4 aromatic rings. The first-order valence-corrected chi connectivity index (χ1v) is 11.7. The maximum Gasteiger partial charge on any atom is 0.263 e. The van der Waals surface area contributed by atoms with Gasteiger partial charge in [0.05, 0.1) is 23.6 Å². The molecule has 0 bridgehead atoms. The van der Waals surface area contributed by atoms with Crippen LogP contribution in [0.15, 0.2) is 95.9 Å². The maximum absolute atomic E-state index is 13.5. The van der Waals surface area contributed by atoms with Gasteiger partial charge in [0.15, 0.2) is 0 Å². The Kier molecular flexibility index (Phi) is 5.63. The fraction of sp³-hybridized carbons (Fsp3) is 0.0400. The van der Waals surface area contributed by atoms with Crippen molar-refractivity contribution in [3.8, 4) is 34.0 Å². The van der Waals surface area contributed by atoms with Crippen LogP contribution in [0.5, 0.6) is 0 Å². The predicted molar refractivity (Wildman–Crippen MR) is 126 cm³/mol. The smallest absolute Gasteiger partial charge is 0.263 e. The number of hydrogen-bond acceptors (Lipinski definition) is 4. The summed E-state index contributed by atoms with van der Waals surface area (Å²) in [6.07, 6.45) is 2.77. The monoisotopic (exact) mass is 441 g/mol. The molecule has 0 saturated carbocycles. The average Bonchev–Trinajstić information content (AvgIpc) is 2.79. The molecule has 0 aliphatic rings. The Morgan fingerprint density at radius 2 is 1.47 bits per heavy atom. The molecular formula is C25H19N3O3S. The summed E-state index contributed by atoms with van der Waals surface area (Å²) in [6.45, 7) is 0. The van der Waals surface area contributed by atoms with Crippen molar-refractivity contribution in [2.24, 2.45) is 0 Å². The van der Waals surface area contributed by atoms with E-state index in [2.05, 4.69) is 10.8 Å². The first-order valence-electron chi connectivity index (χ1n) is 9.76. The van der Waals surface area contributed by atoms with Gasteiger partial charge in [-0.3, -0.25) is 14.1 Å². The maximum atomic E-state index is 13.5. The summed E-state index contributed by atoms with van der Waals surface area (Å²) in [5.41, 5.74) is 3.25. The molecule has 1 aromatic heterocycles. The van der Waals surface area contributed by atoms with Gasteiger partial charge in [0, 0.05) is 34.1 Å². The Morgan fingerprint density at radius 3 is 2.16 bits per heavy atom. The average molecular weight is 442 g/mol.